The van der Waals surface area contributed by atoms with E-state index in [0.717, 1.165) is 19.4 Å². The number of aliphatic hydroxyl groups is 1. The van der Waals surface area contributed by atoms with Crippen molar-refractivity contribution in [1.29, 1.82) is 0 Å². The predicted octanol–water partition coefficient (Wildman–Crippen LogP) is 1.54. The van der Waals surface area contributed by atoms with Crippen molar-refractivity contribution >= 4 is 5.97 Å². The lowest BCUT2D eigenvalue weighted by molar-refractivity contribution is -0.145. The van der Waals surface area contributed by atoms with E-state index in [1.807, 2.05) is 4.90 Å². The molecule has 0 spiro atoms. The van der Waals surface area contributed by atoms with Crippen LogP contribution in [0.4, 0.5) is 0 Å². The van der Waals surface area contributed by atoms with Crippen molar-refractivity contribution in [3.63, 3.8) is 0 Å². The van der Waals surface area contributed by atoms with Gasteiger partial charge in [0, 0.05) is 13.0 Å². The van der Waals surface area contributed by atoms with Gasteiger partial charge < -0.3 is 9.84 Å². The first kappa shape index (κ1) is 15.0. The van der Waals surface area contributed by atoms with Crippen LogP contribution in [0.1, 0.15) is 24.0 Å². The van der Waals surface area contributed by atoms with E-state index in [2.05, 4.69) is 31.2 Å². The van der Waals surface area contributed by atoms with E-state index in [9.17, 15) is 9.90 Å². The highest BCUT2D eigenvalue weighted by Crippen LogP contribution is 2.19. The van der Waals surface area contributed by atoms with Gasteiger partial charge in [0.2, 0.25) is 0 Å². The van der Waals surface area contributed by atoms with Gasteiger partial charge in [-0.3, -0.25) is 9.69 Å². The van der Waals surface area contributed by atoms with Crippen molar-refractivity contribution in [2.45, 2.75) is 38.3 Å². The van der Waals surface area contributed by atoms with Crippen molar-refractivity contribution in [3.05, 3.63) is 35.4 Å². The van der Waals surface area contributed by atoms with Crippen LogP contribution in [0.3, 0.4) is 0 Å². The van der Waals surface area contributed by atoms with Crippen molar-refractivity contribution in [2.24, 2.45) is 0 Å². The molecule has 0 unspecified atom stereocenters. The van der Waals surface area contributed by atoms with E-state index in [-0.39, 0.29) is 12.0 Å². The number of carbonyl (C=O) groups is 1. The number of likely N-dealkylation sites (tertiary alicyclic amines) is 1. The van der Waals surface area contributed by atoms with Crippen LogP contribution < -0.4 is 0 Å². The second-order valence-electron chi connectivity index (χ2n) is 5.52. The van der Waals surface area contributed by atoms with Crippen LogP contribution in [0, 0.1) is 6.92 Å². The molecule has 2 atom stereocenters. The number of β-amino-alcohol motifs (C(OH)–C–C–N with tert-alkyl or cyclic N) is 1. The maximum Gasteiger partial charge on any atom is 0.323 e. The third-order valence-electron chi connectivity index (χ3n) is 3.85. The van der Waals surface area contributed by atoms with E-state index in [1.54, 1.807) is 0 Å². The monoisotopic (exact) mass is 277 g/mol. The molecule has 4 nitrogen and oxygen atoms in total. The molecular formula is C16H23NO3. The number of ether oxygens (including phenoxy) is 1. The zero-order chi connectivity index (χ0) is 14.5. The van der Waals surface area contributed by atoms with Crippen molar-refractivity contribution in [2.75, 3.05) is 20.2 Å². The summed E-state index contributed by atoms with van der Waals surface area (Å²) in [5, 5.41) is 9.72. The predicted molar refractivity (Wildman–Crippen MR) is 77.5 cm³/mol. The van der Waals surface area contributed by atoms with E-state index < -0.39 is 6.10 Å². The Bertz CT molecular complexity index is 461. The largest absolute Gasteiger partial charge is 0.468 e. The zero-order valence-corrected chi connectivity index (χ0v) is 12.2. The molecule has 110 valence electrons. The zero-order valence-electron chi connectivity index (χ0n) is 12.2. The number of nitrogens with zero attached hydrogens (tertiary/aromatic N) is 1. The second kappa shape index (κ2) is 6.86. The highest BCUT2D eigenvalue weighted by molar-refractivity contribution is 5.76. The van der Waals surface area contributed by atoms with Gasteiger partial charge in [-0.05, 0) is 31.9 Å². The molecule has 0 aliphatic carbocycles. The Kier molecular flexibility index (Phi) is 5.15. The maximum atomic E-state index is 11.7. The SMILES string of the molecule is COC(=O)[C@@H]1C[C@H](O)CN1CCCc1cccc(C)c1. The van der Waals surface area contributed by atoms with Crippen LogP contribution in [0.2, 0.25) is 0 Å². The number of aliphatic hydroxyl groups excluding tert-OH is 1. The van der Waals surface area contributed by atoms with Gasteiger partial charge in [0.25, 0.3) is 0 Å². The normalized spacial score (nSPS) is 22.9. The van der Waals surface area contributed by atoms with Gasteiger partial charge in [0.1, 0.15) is 6.04 Å². The van der Waals surface area contributed by atoms with Gasteiger partial charge >= 0.3 is 5.97 Å². The number of carbonyl (C=O) groups excluding carboxylic acids is 1. The van der Waals surface area contributed by atoms with Crippen LogP contribution in [0.15, 0.2) is 24.3 Å². The summed E-state index contributed by atoms with van der Waals surface area (Å²) in [7, 11) is 1.40. The first-order chi connectivity index (χ1) is 9.60. The number of rotatable bonds is 5. The smallest absolute Gasteiger partial charge is 0.323 e. The van der Waals surface area contributed by atoms with Gasteiger partial charge in [-0.1, -0.05) is 29.8 Å². The number of aryl methyl sites for hydroxylation is 2. The van der Waals surface area contributed by atoms with Crippen LogP contribution >= 0.6 is 0 Å². The molecule has 0 aromatic heterocycles. The van der Waals surface area contributed by atoms with Crippen molar-refractivity contribution in [1.82, 2.24) is 4.90 Å². The molecule has 1 aliphatic rings. The minimum absolute atomic E-state index is 0.239. The molecule has 1 aliphatic heterocycles. The summed E-state index contributed by atoms with van der Waals surface area (Å²) in [4.78, 5) is 13.7. The number of hydrogen-bond acceptors (Lipinski definition) is 4. The van der Waals surface area contributed by atoms with Gasteiger partial charge in [-0.2, -0.15) is 0 Å². The van der Waals surface area contributed by atoms with Crippen LogP contribution in [0.25, 0.3) is 0 Å². The van der Waals surface area contributed by atoms with E-state index in [0.29, 0.717) is 13.0 Å². The van der Waals surface area contributed by atoms with Crippen molar-refractivity contribution in [3.8, 4) is 0 Å². The molecule has 0 radical (unpaired) electrons. The Morgan fingerprint density at radius 2 is 2.30 bits per heavy atom. The molecule has 0 amide bonds. The third-order valence-corrected chi connectivity index (χ3v) is 3.85. The molecule has 1 heterocycles. The van der Waals surface area contributed by atoms with Gasteiger partial charge in [0.15, 0.2) is 0 Å². The Morgan fingerprint density at radius 3 is 3.00 bits per heavy atom. The molecule has 1 aromatic carbocycles. The van der Waals surface area contributed by atoms with Gasteiger partial charge in [-0.25, -0.2) is 0 Å². The van der Waals surface area contributed by atoms with Crippen LogP contribution in [0.5, 0.6) is 0 Å². The first-order valence-electron chi connectivity index (χ1n) is 7.15. The Labute approximate surface area is 120 Å². The molecule has 1 fully saturated rings. The Balaban J connectivity index is 1.85. The van der Waals surface area contributed by atoms with Gasteiger partial charge in [0.05, 0.1) is 13.2 Å². The molecule has 2 rings (SSSR count). The fourth-order valence-corrected chi connectivity index (χ4v) is 2.86. The standard InChI is InChI=1S/C16H23NO3/c1-12-5-3-6-13(9-12)7-4-8-17-11-14(18)10-15(17)16(19)20-2/h3,5-6,9,14-15,18H,4,7-8,10-11H2,1-2H3/t14-,15-/m0/s1. The summed E-state index contributed by atoms with van der Waals surface area (Å²) >= 11 is 0. The van der Waals surface area contributed by atoms with E-state index in [1.165, 1.54) is 18.2 Å². The summed E-state index contributed by atoms with van der Waals surface area (Å²) in [5.74, 6) is -0.239. The molecule has 1 aromatic rings. The second-order valence-corrected chi connectivity index (χ2v) is 5.52. The minimum Gasteiger partial charge on any atom is -0.468 e. The van der Waals surface area contributed by atoms with Gasteiger partial charge in [-0.15, -0.1) is 0 Å². The summed E-state index contributed by atoms with van der Waals surface area (Å²) in [6, 6.07) is 8.20. The van der Waals surface area contributed by atoms with Crippen molar-refractivity contribution < 1.29 is 14.6 Å². The summed E-state index contributed by atoms with van der Waals surface area (Å²) in [6.45, 7) is 3.46. The number of hydrogen-bond donors (Lipinski definition) is 1. The van der Waals surface area contributed by atoms with Crippen LogP contribution in [-0.4, -0.2) is 48.3 Å². The third kappa shape index (κ3) is 3.81. The highest BCUT2D eigenvalue weighted by Gasteiger charge is 2.36. The van der Waals surface area contributed by atoms with E-state index in [4.69, 9.17) is 4.74 Å². The lowest BCUT2D eigenvalue weighted by Gasteiger charge is -2.21. The molecule has 0 bridgehead atoms. The highest BCUT2D eigenvalue weighted by atomic mass is 16.5. The molecule has 20 heavy (non-hydrogen) atoms. The number of methoxy groups -OCH3 is 1. The quantitative estimate of drug-likeness (QED) is 0.829. The summed E-state index contributed by atoms with van der Waals surface area (Å²) in [6.07, 6.45) is 2.03. The molecular weight excluding hydrogens is 254 g/mol. The maximum absolute atomic E-state index is 11.7. The minimum atomic E-state index is -0.418. The molecule has 0 saturated carbocycles. The lowest BCUT2D eigenvalue weighted by Crippen LogP contribution is -2.37. The summed E-state index contributed by atoms with van der Waals surface area (Å²) < 4.78 is 4.80. The number of benzene rings is 1. The lowest BCUT2D eigenvalue weighted by atomic mass is 10.1. The fourth-order valence-electron chi connectivity index (χ4n) is 2.86. The average Bonchev–Trinajstić information content (AvgIpc) is 2.79. The Hall–Kier alpha value is -1.39. The van der Waals surface area contributed by atoms with E-state index >= 15 is 0 Å². The molecule has 1 saturated heterocycles. The number of esters is 1. The van der Waals surface area contributed by atoms with Crippen LogP contribution in [-0.2, 0) is 16.0 Å². The first-order valence-corrected chi connectivity index (χ1v) is 7.15. The summed E-state index contributed by atoms with van der Waals surface area (Å²) in [5.41, 5.74) is 2.59. The average molecular weight is 277 g/mol. The Morgan fingerprint density at radius 1 is 1.50 bits per heavy atom. The fraction of sp³-hybridized carbons (Fsp3) is 0.562. The molecule has 1 N–H and O–H groups in total. The molecule has 4 heteroatoms. The topological polar surface area (TPSA) is 49.8 Å².